The first-order valence-corrected chi connectivity index (χ1v) is 6.29. The number of carbonyl (C=O) groups excluding carboxylic acids is 1. The van der Waals surface area contributed by atoms with Gasteiger partial charge >= 0.3 is 0 Å². The molecule has 0 N–H and O–H groups in total. The van der Waals surface area contributed by atoms with Gasteiger partial charge in [-0.15, -0.1) is 0 Å². The van der Waals surface area contributed by atoms with Gasteiger partial charge in [0.2, 0.25) is 5.91 Å². The molecule has 2 bridgehead atoms. The van der Waals surface area contributed by atoms with Gasteiger partial charge < -0.3 is 4.90 Å². The van der Waals surface area contributed by atoms with E-state index in [1.54, 1.807) is 6.08 Å². The lowest BCUT2D eigenvalue weighted by Gasteiger charge is -2.39. The highest BCUT2D eigenvalue weighted by Crippen LogP contribution is 2.52. The zero-order chi connectivity index (χ0) is 12.0. The topological polar surface area (TPSA) is 20.3 Å². The smallest absolute Gasteiger partial charge is 0.246 e. The molecular formula is C14H23NO. The molecule has 16 heavy (non-hydrogen) atoms. The van der Waals surface area contributed by atoms with Crippen LogP contribution in [0.2, 0.25) is 0 Å². The van der Waals surface area contributed by atoms with Gasteiger partial charge in [0, 0.05) is 12.6 Å². The third kappa shape index (κ3) is 2.02. The molecule has 2 unspecified atom stereocenters. The van der Waals surface area contributed by atoms with Gasteiger partial charge in [-0.05, 0) is 43.1 Å². The van der Waals surface area contributed by atoms with Crippen LogP contribution in [0.4, 0.5) is 0 Å². The fraction of sp³-hybridized carbons (Fsp3) is 0.786. The average molecular weight is 221 g/mol. The zero-order valence-corrected chi connectivity index (χ0v) is 10.9. The van der Waals surface area contributed by atoms with Crippen molar-refractivity contribution in [3.05, 3.63) is 12.2 Å². The molecule has 0 aromatic heterocycles. The predicted molar refractivity (Wildman–Crippen MR) is 66.1 cm³/mol. The standard InChI is InChI=1S/C14H23NO/c1-5-6-12(16)15-10-14(4)8-11(15)7-13(2,3)9-14/h5-6,11H,7-10H2,1-4H3. The van der Waals surface area contributed by atoms with Crippen LogP contribution in [-0.4, -0.2) is 23.4 Å². The van der Waals surface area contributed by atoms with Gasteiger partial charge in [0.1, 0.15) is 0 Å². The van der Waals surface area contributed by atoms with Gasteiger partial charge in [-0.25, -0.2) is 0 Å². The van der Waals surface area contributed by atoms with Crippen LogP contribution in [-0.2, 0) is 4.79 Å². The Balaban J connectivity index is 2.19. The van der Waals surface area contributed by atoms with Crippen LogP contribution in [0.15, 0.2) is 12.2 Å². The highest BCUT2D eigenvalue weighted by Gasteiger charge is 2.50. The molecule has 1 saturated heterocycles. The molecule has 1 saturated carbocycles. The average Bonchev–Trinajstić information content (AvgIpc) is 2.35. The largest absolute Gasteiger partial charge is 0.336 e. The Morgan fingerprint density at radius 2 is 2.00 bits per heavy atom. The molecule has 0 radical (unpaired) electrons. The van der Waals surface area contributed by atoms with Crippen LogP contribution < -0.4 is 0 Å². The van der Waals surface area contributed by atoms with Gasteiger partial charge in [0.15, 0.2) is 0 Å². The number of nitrogens with zero attached hydrogens (tertiary/aromatic N) is 1. The van der Waals surface area contributed by atoms with E-state index in [1.165, 1.54) is 12.8 Å². The van der Waals surface area contributed by atoms with E-state index in [0.29, 0.717) is 16.9 Å². The third-order valence-electron chi connectivity index (χ3n) is 4.01. The lowest BCUT2D eigenvalue weighted by Crippen LogP contribution is -2.36. The molecule has 2 heteroatoms. The second-order valence-corrected chi connectivity index (χ2v) is 6.68. The summed E-state index contributed by atoms with van der Waals surface area (Å²) in [5.41, 5.74) is 0.742. The molecule has 0 spiro atoms. The SMILES string of the molecule is CC=CC(=O)N1CC2(C)CC1CC(C)(C)C2. The van der Waals surface area contributed by atoms with Crippen molar-refractivity contribution >= 4 is 5.91 Å². The lowest BCUT2D eigenvalue weighted by atomic mass is 9.65. The minimum Gasteiger partial charge on any atom is -0.336 e. The summed E-state index contributed by atoms with van der Waals surface area (Å²) in [6.07, 6.45) is 7.15. The van der Waals surface area contributed by atoms with Crippen molar-refractivity contribution in [3.63, 3.8) is 0 Å². The maximum Gasteiger partial charge on any atom is 0.246 e. The Morgan fingerprint density at radius 3 is 2.62 bits per heavy atom. The first kappa shape index (κ1) is 11.7. The summed E-state index contributed by atoms with van der Waals surface area (Å²) < 4.78 is 0. The molecule has 2 aliphatic rings. The first-order valence-electron chi connectivity index (χ1n) is 6.29. The van der Waals surface area contributed by atoms with Crippen molar-refractivity contribution in [3.8, 4) is 0 Å². The number of likely N-dealkylation sites (tertiary alicyclic amines) is 1. The Morgan fingerprint density at radius 1 is 1.31 bits per heavy atom. The predicted octanol–water partition coefficient (Wildman–Crippen LogP) is 2.99. The Labute approximate surface area is 98.7 Å². The number of fused-ring (bicyclic) bond motifs is 2. The van der Waals surface area contributed by atoms with Gasteiger partial charge in [0.25, 0.3) is 0 Å². The molecule has 2 fully saturated rings. The van der Waals surface area contributed by atoms with Crippen LogP contribution in [0.25, 0.3) is 0 Å². The van der Waals surface area contributed by atoms with E-state index in [2.05, 4.69) is 25.7 Å². The summed E-state index contributed by atoms with van der Waals surface area (Å²) in [4.78, 5) is 14.1. The Bertz CT molecular complexity index is 332. The second kappa shape index (κ2) is 3.61. The van der Waals surface area contributed by atoms with E-state index >= 15 is 0 Å². The zero-order valence-electron chi connectivity index (χ0n) is 10.9. The van der Waals surface area contributed by atoms with Crippen molar-refractivity contribution in [1.82, 2.24) is 4.90 Å². The number of hydrogen-bond acceptors (Lipinski definition) is 1. The van der Waals surface area contributed by atoms with Gasteiger partial charge in [0.05, 0.1) is 0 Å². The minimum atomic E-state index is 0.203. The van der Waals surface area contributed by atoms with E-state index < -0.39 is 0 Å². The van der Waals surface area contributed by atoms with Gasteiger partial charge in [-0.1, -0.05) is 26.8 Å². The number of hydrogen-bond donors (Lipinski definition) is 0. The molecule has 90 valence electrons. The van der Waals surface area contributed by atoms with Gasteiger partial charge in [-0.3, -0.25) is 4.79 Å². The lowest BCUT2D eigenvalue weighted by molar-refractivity contribution is -0.127. The molecule has 0 aromatic rings. The summed E-state index contributed by atoms with van der Waals surface area (Å²) in [5.74, 6) is 0.203. The van der Waals surface area contributed by atoms with E-state index in [4.69, 9.17) is 0 Å². The summed E-state index contributed by atoms with van der Waals surface area (Å²) in [5, 5.41) is 0. The van der Waals surface area contributed by atoms with Crippen LogP contribution in [0, 0.1) is 10.8 Å². The molecule has 2 rings (SSSR count). The molecule has 1 amide bonds. The Kier molecular flexibility index (Phi) is 2.64. The maximum atomic E-state index is 12.0. The first-order chi connectivity index (χ1) is 7.35. The van der Waals surface area contributed by atoms with E-state index in [1.807, 2.05) is 13.0 Å². The molecule has 1 heterocycles. The highest BCUT2D eigenvalue weighted by molar-refractivity contribution is 5.88. The van der Waals surface area contributed by atoms with Crippen LogP contribution in [0.1, 0.15) is 47.0 Å². The second-order valence-electron chi connectivity index (χ2n) is 6.68. The van der Waals surface area contributed by atoms with E-state index in [0.717, 1.165) is 13.0 Å². The minimum absolute atomic E-state index is 0.203. The Hall–Kier alpha value is -0.790. The fourth-order valence-corrected chi connectivity index (χ4v) is 3.96. The summed E-state index contributed by atoms with van der Waals surface area (Å²) in [6.45, 7) is 9.86. The monoisotopic (exact) mass is 221 g/mol. The van der Waals surface area contributed by atoms with Crippen molar-refractivity contribution < 1.29 is 4.79 Å². The number of rotatable bonds is 1. The van der Waals surface area contributed by atoms with Crippen LogP contribution >= 0.6 is 0 Å². The van der Waals surface area contributed by atoms with E-state index in [-0.39, 0.29) is 5.91 Å². The molecule has 1 aliphatic heterocycles. The number of carbonyl (C=O) groups is 1. The van der Waals surface area contributed by atoms with Crippen LogP contribution in [0.3, 0.4) is 0 Å². The van der Waals surface area contributed by atoms with Gasteiger partial charge in [-0.2, -0.15) is 0 Å². The molecular weight excluding hydrogens is 198 g/mol. The van der Waals surface area contributed by atoms with Crippen molar-refractivity contribution in [1.29, 1.82) is 0 Å². The number of amides is 1. The highest BCUT2D eigenvalue weighted by atomic mass is 16.2. The normalized spacial score (nSPS) is 37.0. The number of allylic oxidation sites excluding steroid dienone is 1. The molecule has 2 atom stereocenters. The molecule has 0 aromatic carbocycles. The summed E-state index contributed by atoms with van der Waals surface area (Å²) in [7, 11) is 0. The summed E-state index contributed by atoms with van der Waals surface area (Å²) in [6, 6.07) is 0.470. The van der Waals surface area contributed by atoms with Crippen molar-refractivity contribution in [2.24, 2.45) is 10.8 Å². The third-order valence-corrected chi connectivity index (χ3v) is 4.01. The van der Waals surface area contributed by atoms with Crippen molar-refractivity contribution in [2.75, 3.05) is 6.54 Å². The summed E-state index contributed by atoms with van der Waals surface area (Å²) >= 11 is 0. The molecule has 2 nitrogen and oxygen atoms in total. The van der Waals surface area contributed by atoms with Crippen molar-refractivity contribution in [2.45, 2.75) is 53.0 Å². The fourth-order valence-electron chi connectivity index (χ4n) is 3.96. The van der Waals surface area contributed by atoms with E-state index in [9.17, 15) is 4.79 Å². The van der Waals surface area contributed by atoms with Crippen LogP contribution in [0.5, 0.6) is 0 Å². The quantitative estimate of drug-likeness (QED) is 0.623. The maximum absolute atomic E-state index is 12.0. The molecule has 1 aliphatic carbocycles.